The largest absolute Gasteiger partial charge is 0.480 e. The first kappa shape index (κ1) is 13.0. The van der Waals surface area contributed by atoms with E-state index in [0.29, 0.717) is 13.0 Å². The van der Waals surface area contributed by atoms with Gasteiger partial charge < -0.3 is 15.7 Å². The number of halogens is 1. The first-order valence-corrected chi connectivity index (χ1v) is 5.06. The van der Waals surface area contributed by atoms with E-state index in [0.717, 1.165) is 5.56 Å². The number of carboxylic acids is 1. The van der Waals surface area contributed by atoms with Crippen molar-refractivity contribution in [3.63, 3.8) is 0 Å². The van der Waals surface area contributed by atoms with Crippen LogP contribution in [-0.4, -0.2) is 30.2 Å². The van der Waals surface area contributed by atoms with Crippen LogP contribution in [-0.2, 0) is 11.2 Å². The molecule has 0 aliphatic rings. The molecule has 0 radical (unpaired) electrons. The fraction of sp³-hybridized carbons (Fsp3) is 0.273. The van der Waals surface area contributed by atoms with E-state index < -0.39 is 18.5 Å². The Morgan fingerprint density at radius 1 is 1.29 bits per heavy atom. The molecule has 0 aromatic heterocycles. The van der Waals surface area contributed by atoms with Crippen LogP contribution in [0.15, 0.2) is 24.3 Å². The molecule has 0 heterocycles. The molecule has 0 atom stereocenters. The van der Waals surface area contributed by atoms with Crippen LogP contribution in [0.4, 0.5) is 9.18 Å². The van der Waals surface area contributed by atoms with E-state index in [2.05, 4.69) is 10.6 Å². The van der Waals surface area contributed by atoms with Crippen LogP contribution in [0.25, 0.3) is 0 Å². The Morgan fingerprint density at radius 3 is 2.71 bits per heavy atom. The minimum absolute atomic E-state index is 0.314. The third-order valence-corrected chi connectivity index (χ3v) is 1.99. The van der Waals surface area contributed by atoms with Gasteiger partial charge in [-0.15, -0.1) is 0 Å². The van der Waals surface area contributed by atoms with Gasteiger partial charge in [0.2, 0.25) is 0 Å². The summed E-state index contributed by atoms with van der Waals surface area (Å²) in [6, 6.07) is 5.52. The number of hydrogen-bond acceptors (Lipinski definition) is 2. The van der Waals surface area contributed by atoms with Crippen molar-refractivity contribution in [3.05, 3.63) is 35.6 Å². The lowest BCUT2D eigenvalue weighted by atomic mass is 10.1. The van der Waals surface area contributed by atoms with Crippen LogP contribution in [0.1, 0.15) is 5.56 Å². The van der Waals surface area contributed by atoms with Gasteiger partial charge in [-0.25, -0.2) is 9.18 Å². The lowest BCUT2D eigenvalue weighted by Crippen LogP contribution is -2.39. The van der Waals surface area contributed by atoms with E-state index in [4.69, 9.17) is 5.11 Å². The summed E-state index contributed by atoms with van der Waals surface area (Å²) < 4.78 is 12.8. The van der Waals surface area contributed by atoms with Gasteiger partial charge in [0, 0.05) is 6.54 Å². The molecule has 92 valence electrons. The number of amides is 2. The lowest BCUT2D eigenvalue weighted by molar-refractivity contribution is -0.135. The van der Waals surface area contributed by atoms with Crippen molar-refractivity contribution in [1.29, 1.82) is 0 Å². The summed E-state index contributed by atoms with van der Waals surface area (Å²) in [4.78, 5) is 21.2. The Labute approximate surface area is 97.6 Å². The topological polar surface area (TPSA) is 78.4 Å². The molecule has 0 bridgehead atoms. The number of nitrogens with one attached hydrogen (secondary N) is 2. The number of carbonyl (C=O) groups is 2. The average Bonchev–Trinajstić information content (AvgIpc) is 2.26. The van der Waals surface area contributed by atoms with E-state index in [-0.39, 0.29) is 5.82 Å². The van der Waals surface area contributed by atoms with Gasteiger partial charge in [-0.2, -0.15) is 0 Å². The number of benzene rings is 1. The van der Waals surface area contributed by atoms with Gasteiger partial charge in [0.25, 0.3) is 0 Å². The Morgan fingerprint density at radius 2 is 2.06 bits per heavy atom. The molecule has 17 heavy (non-hydrogen) atoms. The summed E-state index contributed by atoms with van der Waals surface area (Å²) in [5.41, 5.74) is 0.767. The summed E-state index contributed by atoms with van der Waals surface area (Å²) in [6.45, 7) is -0.110. The highest BCUT2D eigenvalue weighted by Crippen LogP contribution is 2.03. The Kier molecular flexibility index (Phi) is 4.93. The number of hydrogen-bond donors (Lipinski definition) is 3. The third-order valence-electron chi connectivity index (χ3n) is 1.99. The second kappa shape index (κ2) is 6.47. The smallest absolute Gasteiger partial charge is 0.323 e. The summed E-state index contributed by atoms with van der Waals surface area (Å²) in [5.74, 6) is -1.43. The highest BCUT2D eigenvalue weighted by Gasteiger charge is 2.02. The maximum absolute atomic E-state index is 12.8. The van der Waals surface area contributed by atoms with E-state index in [1.54, 1.807) is 12.1 Å². The molecule has 3 N–H and O–H groups in total. The normalized spacial score (nSPS) is 9.71. The van der Waals surface area contributed by atoms with Gasteiger partial charge in [0.05, 0.1) is 0 Å². The van der Waals surface area contributed by atoms with Gasteiger partial charge in [-0.3, -0.25) is 4.79 Å². The monoisotopic (exact) mass is 240 g/mol. The molecule has 0 aliphatic carbocycles. The lowest BCUT2D eigenvalue weighted by Gasteiger charge is -2.05. The molecular formula is C11H13FN2O3. The zero-order valence-electron chi connectivity index (χ0n) is 9.07. The second-order valence-electron chi connectivity index (χ2n) is 3.38. The molecule has 0 saturated heterocycles. The van der Waals surface area contributed by atoms with E-state index in [1.165, 1.54) is 12.1 Å². The molecular weight excluding hydrogens is 227 g/mol. The molecule has 0 spiro atoms. The van der Waals surface area contributed by atoms with Gasteiger partial charge >= 0.3 is 12.0 Å². The van der Waals surface area contributed by atoms with Crippen molar-refractivity contribution in [3.8, 4) is 0 Å². The highest BCUT2D eigenvalue weighted by atomic mass is 19.1. The van der Waals surface area contributed by atoms with Gasteiger partial charge in [0.1, 0.15) is 12.4 Å². The molecule has 1 aromatic rings. The van der Waals surface area contributed by atoms with E-state index in [1.807, 2.05) is 0 Å². The fourth-order valence-corrected chi connectivity index (χ4v) is 1.23. The minimum atomic E-state index is -1.11. The number of urea groups is 1. The third kappa shape index (κ3) is 5.50. The van der Waals surface area contributed by atoms with E-state index in [9.17, 15) is 14.0 Å². The quantitative estimate of drug-likeness (QED) is 0.710. The summed E-state index contributed by atoms with van der Waals surface area (Å²) in [7, 11) is 0. The molecule has 0 saturated carbocycles. The van der Waals surface area contributed by atoms with E-state index >= 15 is 0 Å². The second-order valence-corrected chi connectivity index (χ2v) is 3.38. The summed E-state index contributed by atoms with van der Waals surface area (Å²) >= 11 is 0. The van der Waals surface area contributed by atoms with Crippen molar-refractivity contribution in [2.75, 3.05) is 13.1 Å². The Bertz CT molecular complexity index is 409. The molecule has 5 nitrogen and oxygen atoms in total. The molecule has 2 amide bonds. The first-order valence-electron chi connectivity index (χ1n) is 5.06. The van der Waals surface area contributed by atoms with Crippen molar-refractivity contribution >= 4 is 12.0 Å². The first-order chi connectivity index (χ1) is 8.08. The molecule has 6 heteroatoms. The van der Waals surface area contributed by atoms with Gasteiger partial charge in [-0.1, -0.05) is 12.1 Å². The molecule has 0 aliphatic heterocycles. The molecule has 1 aromatic carbocycles. The number of carboxylic acid groups (broad SMARTS) is 1. The van der Waals surface area contributed by atoms with Gasteiger partial charge in [-0.05, 0) is 24.1 Å². The zero-order valence-corrected chi connectivity index (χ0v) is 9.07. The zero-order chi connectivity index (χ0) is 12.7. The van der Waals surface area contributed by atoms with Crippen LogP contribution in [0.2, 0.25) is 0 Å². The summed E-state index contributed by atoms with van der Waals surface area (Å²) in [6.07, 6.45) is 0.484. The minimum Gasteiger partial charge on any atom is -0.480 e. The number of aliphatic carboxylic acids is 1. The standard InChI is InChI=1S/C11H13FN2O3/c12-9-3-1-2-8(6-9)4-5-13-11(17)14-7-10(15)16/h1-3,6H,4-5,7H2,(H,15,16)(H2,13,14,17). The Hall–Kier alpha value is -2.11. The molecule has 0 unspecified atom stereocenters. The van der Waals surface area contributed by atoms with Crippen LogP contribution in [0.5, 0.6) is 0 Å². The predicted octanol–water partition coefficient (Wildman–Crippen LogP) is 0.752. The Balaban J connectivity index is 2.23. The van der Waals surface area contributed by atoms with Crippen LogP contribution >= 0.6 is 0 Å². The maximum atomic E-state index is 12.8. The van der Waals surface area contributed by atoms with Crippen molar-refractivity contribution in [1.82, 2.24) is 10.6 Å². The maximum Gasteiger partial charge on any atom is 0.323 e. The number of rotatable bonds is 5. The van der Waals surface area contributed by atoms with Crippen LogP contribution in [0, 0.1) is 5.82 Å². The molecule has 1 rings (SSSR count). The average molecular weight is 240 g/mol. The number of carbonyl (C=O) groups excluding carboxylic acids is 1. The molecule has 0 fully saturated rings. The highest BCUT2D eigenvalue weighted by molar-refractivity contribution is 5.79. The van der Waals surface area contributed by atoms with Crippen molar-refractivity contribution < 1.29 is 19.1 Å². The van der Waals surface area contributed by atoms with Crippen LogP contribution in [0.3, 0.4) is 0 Å². The fourth-order valence-electron chi connectivity index (χ4n) is 1.23. The predicted molar refractivity (Wildman–Crippen MR) is 59.1 cm³/mol. The SMILES string of the molecule is O=C(O)CNC(=O)NCCc1cccc(F)c1. The van der Waals surface area contributed by atoms with Crippen molar-refractivity contribution in [2.24, 2.45) is 0 Å². The van der Waals surface area contributed by atoms with Gasteiger partial charge in [0.15, 0.2) is 0 Å². The van der Waals surface area contributed by atoms with Crippen molar-refractivity contribution in [2.45, 2.75) is 6.42 Å². The van der Waals surface area contributed by atoms with Crippen LogP contribution < -0.4 is 10.6 Å². The summed E-state index contributed by atoms with van der Waals surface area (Å²) in [5, 5.41) is 12.9.